The quantitative estimate of drug-likeness (QED) is 0.656. The molecule has 33 heavy (non-hydrogen) atoms. The van der Waals surface area contributed by atoms with Crippen molar-refractivity contribution in [3.8, 4) is 0 Å². The van der Waals surface area contributed by atoms with Gasteiger partial charge in [-0.05, 0) is 86.8 Å². The summed E-state index contributed by atoms with van der Waals surface area (Å²) in [6.07, 6.45) is 8.92. The largest absolute Gasteiger partial charge is 0.390 e. The smallest absolute Gasteiger partial charge is 0.243 e. The number of amides is 1. The summed E-state index contributed by atoms with van der Waals surface area (Å²) in [6, 6.07) is 5.04. The van der Waals surface area contributed by atoms with Gasteiger partial charge < -0.3 is 15.3 Å². The molecule has 5 aliphatic rings. The highest BCUT2D eigenvalue weighted by atomic mass is 32.2. The molecular weight excluding hydrogens is 438 g/mol. The number of hydrogen-bond donors (Lipinski definition) is 2. The van der Waals surface area contributed by atoms with Crippen LogP contribution >= 0.6 is 0 Å². The van der Waals surface area contributed by atoms with E-state index in [4.69, 9.17) is 0 Å². The molecule has 4 aliphatic carbocycles. The van der Waals surface area contributed by atoms with Crippen LogP contribution < -0.4 is 10.2 Å². The number of benzene rings is 1. The summed E-state index contributed by atoms with van der Waals surface area (Å²) >= 11 is 0. The Morgan fingerprint density at radius 3 is 2.39 bits per heavy atom. The Labute approximate surface area is 197 Å². The SMILES string of the molecule is CN(C)c1ccc(S(=O)(=O)N2CCCCC2)cc1NC(=O)CC12CC3CC(CC(O)(C3)C1)C2. The molecule has 1 saturated heterocycles. The summed E-state index contributed by atoms with van der Waals surface area (Å²) in [5, 5.41) is 14.1. The van der Waals surface area contributed by atoms with E-state index in [9.17, 15) is 18.3 Å². The van der Waals surface area contributed by atoms with Gasteiger partial charge in [-0.15, -0.1) is 0 Å². The second-order valence-corrected chi connectivity index (χ2v) is 13.4. The summed E-state index contributed by atoms with van der Waals surface area (Å²) in [7, 11) is 0.191. The summed E-state index contributed by atoms with van der Waals surface area (Å²) in [6.45, 7) is 1.10. The second kappa shape index (κ2) is 8.24. The van der Waals surface area contributed by atoms with Gasteiger partial charge in [-0.1, -0.05) is 6.42 Å². The van der Waals surface area contributed by atoms with Gasteiger partial charge in [0.05, 0.1) is 21.9 Å². The first kappa shape index (κ1) is 23.1. The van der Waals surface area contributed by atoms with Gasteiger partial charge in [0, 0.05) is 33.6 Å². The van der Waals surface area contributed by atoms with Crippen molar-refractivity contribution in [3.05, 3.63) is 18.2 Å². The van der Waals surface area contributed by atoms with Gasteiger partial charge in [0.2, 0.25) is 15.9 Å². The number of carbonyl (C=O) groups excluding carboxylic acids is 1. The Morgan fingerprint density at radius 2 is 1.79 bits per heavy atom. The maximum Gasteiger partial charge on any atom is 0.243 e. The monoisotopic (exact) mass is 475 g/mol. The van der Waals surface area contributed by atoms with Crippen LogP contribution in [0.1, 0.15) is 64.2 Å². The summed E-state index contributed by atoms with van der Waals surface area (Å²) < 4.78 is 28.0. The zero-order chi connectivity index (χ0) is 23.4. The Balaban J connectivity index is 1.37. The first-order valence-corrected chi connectivity index (χ1v) is 13.9. The predicted molar refractivity (Wildman–Crippen MR) is 129 cm³/mol. The molecular formula is C25H37N3O4S. The molecule has 0 aromatic heterocycles. The van der Waals surface area contributed by atoms with E-state index < -0.39 is 15.6 Å². The van der Waals surface area contributed by atoms with Crippen molar-refractivity contribution < 1.29 is 18.3 Å². The van der Waals surface area contributed by atoms with Gasteiger partial charge in [-0.25, -0.2) is 8.42 Å². The number of nitrogens with one attached hydrogen (secondary N) is 1. The lowest BCUT2D eigenvalue weighted by Crippen LogP contribution is -2.56. The molecule has 5 fully saturated rings. The molecule has 1 aromatic rings. The minimum Gasteiger partial charge on any atom is -0.390 e. The maximum absolute atomic E-state index is 13.3. The average Bonchev–Trinajstić information content (AvgIpc) is 2.71. The zero-order valence-corrected chi connectivity index (χ0v) is 20.7. The highest BCUT2D eigenvalue weighted by Gasteiger charge is 2.57. The third kappa shape index (κ3) is 4.42. The first-order chi connectivity index (χ1) is 15.6. The van der Waals surface area contributed by atoms with Crippen LogP contribution in [0, 0.1) is 17.3 Å². The molecule has 4 saturated carbocycles. The number of sulfonamides is 1. The molecule has 7 nitrogen and oxygen atoms in total. The molecule has 1 aliphatic heterocycles. The van der Waals surface area contributed by atoms with E-state index in [-0.39, 0.29) is 16.2 Å². The van der Waals surface area contributed by atoms with Crippen molar-refractivity contribution in [2.75, 3.05) is 37.4 Å². The number of nitrogens with zero attached hydrogens (tertiary/aromatic N) is 2. The maximum atomic E-state index is 13.3. The standard InChI is InChI=1S/C25H37N3O4S/c1-27(2)22-7-6-20(33(31,32)28-8-4-3-5-9-28)11-21(22)26-23(29)16-24-12-18-10-19(13-24)15-25(30,14-18)17-24/h6-7,11,18-19,30H,3-5,8-10,12-17H2,1-2H3,(H,26,29). The number of hydrogen-bond acceptors (Lipinski definition) is 5. The van der Waals surface area contributed by atoms with E-state index in [1.54, 1.807) is 22.5 Å². The van der Waals surface area contributed by atoms with Crippen LogP contribution in [-0.4, -0.2) is 56.5 Å². The van der Waals surface area contributed by atoms with E-state index >= 15 is 0 Å². The van der Waals surface area contributed by atoms with Gasteiger partial charge in [-0.3, -0.25) is 4.79 Å². The van der Waals surface area contributed by atoms with E-state index in [0.717, 1.165) is 50.6 Å². The average molecular weight is 476 g/mol. The number of rotatable bonds is 6. The summed E-state index contributed by atoms with van der Waals surface area (Å²) in [5.74, 6) is 0.968. The molecule has 182 valence electrons. The third-order valence-corrected chi connectivity index (χ3v) is 10.3. The minimum atomic E-state index is -3.58. The minimum absolute atomic E-state index is 0.0869. The summed E-state index contributed by atoms with van der Waals surface area (Å²) in [5.41, 5.74) is 0.594. The fraction of sp³-hybridized carbons (Fsp3) is 0.720. The van der Waals surface area contributed by atoms with E-state index in [2.05, 4.69) is 5.32 Å². The second-order valence-electron chi connectivity index (χ2n) is 11.4. The molecule has 0 radical (unpaired) electrons. The van der Waals surface area contributed by atoms with Crippen molar-refractivity contribution in [1.82, 2.24) is 4.31 Å². The van der Waals surface area contributed by atoms with E-state index in [1.807, 2.05) is 19.0 Å². The molecule has 2 unspecified atom stereocenters. The van der Waals surface area contributed by atoms with Gasteiger partial charge >= 0.3 is 0 Å². The Kier molecular flexibility index (Phi) is 5.77. The fourth-order valence-corrected chi connectivity index (χ4v) is 9.11. The van der Waals surface area contributed by atoms with Crippen molar-refractivity contribution in [2.45, 2.75) is 74.7 Å². The topological polar surface area (TPSA) is 90.0 Å². The van der Waals surface area contributed by atoms with Crippen molar-refractivity contribution in [1.29, 1.82) is 0 Å². The Bertz CT molecular complexity index is 1020. The van der Waals surface area contributed by atoms with Gasteiger partial charge in [-0.2, -0.15) is 4.31 Å². The number of piperidine rings is 1. The highest BCUT2D eigenvalue weighted by molar-refractivity contribution is 7.89. The normalized spacial score (nSPS) is 33.8. The van der Waals surface area contributed by atoms with Gasteiger partial charge in [0.15, 0.2) is 0 Å². The zero-order valence-electron chi connectivity index (χ0n) is 19.8. The van der Waals surface area contributed by atoms with E-state index in [1.165, 1.54) is 6.42 Å². The lowest BCUT2D eigenvalue weighted by Gasteiger charge is -2.60. The van der Waals surface area contributed by atoms with Gasteiger partial charge in [0.1, 0.15) is 0 Å². The molecule has 1 heterocycles. The molecule has 1 amide bonds. The van der Waals surface area contributed by atoms with Crippen LogP contribution in [-0.2, 0) is 14.8 Å². The molecule has 4 bridgehead atoms. The molecule has 0 spiro atoms. The third-order valence-electron chi connectivity index (χ3n) is 8.36. The molecule has 2 N–H and O–H groups in total. The van der Waals surface area contributed by atoms with Crippen LogP contribution in [0.3, 0.4) is 0 Å². The molecule has 8 heteroatoms. The predicted octanol–water partition coefficient (Wildman–Crippen LogP) is 3.59. The lowest BCUT2D eigenvalue weighted by molar-refractivity contribution is -0.167. The number of carbonyl (C=O) groups is 1. The number of anilines is 2. The van der Waals surface area contributed by atoms with Crippen LogP contribution in [0.2, 0.25) is 0 Å². The van der Waals surface area contributed by atoms with Crippen molar-refractivity contribution in [3.63, 3.8) is 0 Å². The van der Waals surface area contributed by atoms with Crippen molar-refractivity contribution >= 4 is 27.3 Å². The molecule has 2 atom stereocenters. The molecule has 1 aromatic carbocycles. The lowest BCUT2D eigenvalue weighted by atomic mass is 9.47. The van der Waals surface area contributed by atoms with Crippen LogP contribution in [0.25, 0.3) is 0 Å². The highest BCUT2D eigenvalue weighted by Crippen LogP contribution is 2.62. The van der Waals surface area contributed by atoms with E-state index in [0.29, 0.717) is 43.5 Å². The van der Waals surface area contributed by atoms with Crippen LogP contribution in [0.15, 0.2) is 23.1 Å². The molecule has 6 rings (SSSR count). The number of aliphatic hydroxyl groups is 1. The Morgan fingerprint density at radius 1 is 1.12 bits per heavy atom. The van der Waals surface area contributed by atoms with Gasteiger partial charge in [0.25, 0.3) is 0 Å². The first-order valence-electron chi connectivity index (χ1n) is 12.4. The van der Waals surface area contributed by atoms with Crippen LogP contribution in [0.5, 0.6) is 0 Å². The van der Waals surface area contributed by atoms with Crippen LogP contribution in [0.4, 0.5) is 11.4 Å². The Hall–Kier alpha value is -1.64. The summed E-state index contributed by atoms with van der Waals surface area (Å²) in [4.78, 5) is 15.4. The fourth-order valence-electron chi connectivity index (χ4n) is 7.56. The van der Waals surface area contributed by atoms with Crippen molar-refractivity contribution in [2.24, 2.45) is 17.3 Å².